The number of aromatic nitrogens is 2. The molecule has 0 fully saturated rings. The number of halogens is 2. The van der Waals surface area contributed by atoms with Crippen LogP contribution in [0.5, 0.6) is 0 Å². The molecular weight excluding hydrogens is 438 g/mol. The van der Waals surface area contributed by atoms with Gasteiger partial charge in [0.25, 0.3) is 0 Å². The molecule has 2 aliphatic heterocycles. The van der Waals surface area contributed by atoms with Crippen molar-refractivity contribution in [2.45, 2.75) is 32.2 Å². The first-order valence-electron chi connectivity index (χ1n) is 11.0. The molecule has 3 heterocycles. The molecule has 2 aliphatic rings. The molecule has 1 aromatic heterocycles. The van der Waals surface area contributed by atoms with Gasteiger partial charge in [-0.1, -0.05) is 48.7 Å². The molecule has 0 saturated heterocycles. The summed E-state index contributed by atoms with van der Waals surface area (Å²) in [5, 5.41) is 6.73. The third-order valence-electron chi connectivity index (χ3n) is 6.40. The van der Waals surface area contributed by atoms with Crippen LogP contribution in [0.3, 0.4) is 0 Å². The molecule has 0 amide bonds. The van der Waals surface area contributed by atoms with Gasteiger partial charge in [-0.15, -0.1) is 0 Å². The maximum absolute atomic E-state index is 13.8. The number of ether oxygens (including phenoxy) is 1. The van der Waals surface area contributed by atoms with Crippen LogP contribution in [0.4, 0.5) is 32.1 Å². The van der Waals surface area contributed by atoms with E-state index in [4.69, 9.17) is 9.72 Å². The lowest BCUT2D eigenvalue weighted by atomic mass is 9.77. The van der Waals surface area contributed by atoms with Crippen LogP contribution in [0, 0.1) is 5.82 Å². The van der Waals surface area contributed by atoms with Gasteiger partial charge in [-0.3, -0.25) is 5.32 Å². The Morgan fingerprint density at radius 2 is 1.76 bits per heavy atom. The zero-order valence-corrected chi connectivity index (χ0v) is 19.4. The highest BCUT2D eigenvalue weighted by Gasteiger charge is 2.49. The van der Waals surface area contributed by atoms with E-state index in [1.165, 1.54) is 12.1 Å². The first kappa shape index (κ1) is 21.9. The van der Waals surface area contributed by atoms with Gasteiger partial charge in [0.05, 0.1) is 6.04 Å². The van der Waals surface area contributed by atoms with E-state index in [9.17, 15) is 8.87 Å². The van der Waals surface area contributed by atoms with Crippen molar-refractivity contribution in [3.05, 3.63) is 83.1 Å². The molecule has 0 bridgehead atoms. The lowest BCUT2D eigenvalue weighted by molar-refractivity contribution is 0.00803. The van der Waals surface area contributed by atoms with Gasteiger partial charge >= 0.3 is 0 Å². The van der Waals surface area contributed by atoms with Crippen molar-refractivity contribution in [2.75, 3.05) is 29.3 Å². The molecule has 0 saturated carbocycles. The van der Waals surface area contributed by atoms with E-state index in [0.717, 1.165) is 16.8 Å². The van der Waals surface area contributed by atoms with E-state index in [1.807, 2.05) is 18.2 Å². The fraction of sp³-hybridized carbons (Fsp3) is 0.280. The SMILES string of the molecule is CNc1nc(NC2=C(C)N(F)CO2)nc2c1C(C)(C)C(c1ccccc1)N2c1ccc(F)cc1. The molecule has 5 rings (SSSR count). The molecule has 1 unspecified atom stereocenters. The summed E-state index contributed by atoms with van der Waals surface area (Å²) >= 11 is 0. The van der Waals surface area contributed by atoms with Gasteiger partial charge in [-0.2, -0.15) is 15.1 Å². The second-order valence-corrected chi connectivity index (χ2v) is 8.90. The third kappa shape index (κ3) is 3.48. The molecule has 176 valence electrons. The zero-order chi connectivity index (χ0) is 24.0. The topological polar surface area (TPSA) is 65.5 Å². The molecule has 9 heteroatoms. The van der Waals surface area contributed by atoms with Gasteiger partial charge in [-0.05, 0) is 36.8 Å². The van der Waals surface area contributed by atoms with E-state index in [-0.39, 0.29) is 30.4 Å². The number of anilines is 4. The smallest absolute Gasteiger partial charge is 0.233 e. The molecule has 7 nitrogen and oxygen atoms in total. The molecule has 0 radical (unpaired) electrons. The summed E-state index contributed by atoms with van der Waals surface area (Å²) in [7, 11) is 1.81. The van der Waals surface area contributed by atoms with Crippen LogP contribution in [0.2, 0.25) is 0 Å². The Morgan fingerprint density at radius 3 is 2.38 bits per heavy atom. The molecule has 3 aromatic rings. The Morgan fingerprint density at radius 1 is 1.06 bits per heavy atom. The first-order chi connectivity index (χ1) is 16.3. The Kier molecular flexibility index (Phi) is 5.27. The normalized spacial score (nSPS) is 18.7. The molecule has 0 aliphatic carbocycles. The molecule has 2 aromatic carbocycles. The molecular formula is C25H26F2N6O. The Labute approximate surface area is 197 Å². The number of nitrogens with one attached hydrogen (secondary N) is 2. The monoisotopic (exact) mass is 464 g/mol. The van der Waals surface area contributed by atoms with Gasteiger partial charge < -0.3 is 15.0 Å². The van der Waals surface area contributed by atoms with Crippen molar-refractivity contribution in [3.63, 3.8) is 0 Å². The predicted octanol–water partition coefficient (Wildman–Crippen LogP) is 5.60. The van der Waals surface area contributed by atoms with Gasteiger partial charge in [-0.25, -0.2) is 4.39 Å². The summed E-state index contributed by atoms with van der Waals surface area (Å²) in [6.07, 6.45) is 0. The second-order valence-electron chi connectivity index (χ2n) is 8.90. The summed E-state index contributed by atoms with van der Waals surface area (Å²) in [6, 6.07) is 16.4. The van der Waals surface area contributed by atoms with Gasteiger partial charge in [0.2, 0.25) is 11.8 Å². The zero-order valence-electron chi connectivity index (χ0n) is 19.4. The van der Waals surface area contributed by atoms with Crippen LogP contribution in [0.1, 0.15) is 37.9 Å². The van der Waals surface area contributed by atoms with Crippen LogP contribution in [-0.4, -0.2) is 28.9 Å². The number of allylic oxidation sites excluding steroid dienone is 1. The van der Waals surface area contributed by atoms with Gasteiger partial charge in [0.1, 0.15) is 23.1 Å². The minimum Gasteiger partial charge on any atom is -0.454 e. The number of fused-ring (bicyclic) bond motifs is 1. The largest absolute Gasteiger partial charge is 0.454 e. The van der Waals surface area contributed by atoms with E-state index in [1.54, 1.807) is 26.1 Å². The molecule has 2 N–H and O–H groups in total. The summed E-state index contributed by atoms with van der Waals surface area (Å²) in [5.74, 6) is 1.55. The minimum atomic E-state index is -0.406. The van der Waals surface area contributed by atoms with E-state index in [0.29, 0.717) is 22.5 Å². The van der Waals surface area contributed by atoms with Crippen LogP contribution in [0.15, 0.2) is 66.2 Å². The average molecular weight is 465 g/mol. The summed E-state index contributed by atoms with van der Waals surface area (Å²) < 4.78 is 33.0. The molecule has 0 spiro atoms. The van der Waals surface area contributed by atoms with Crippen LogP contribution in [-0.2, 0) is 10.2 Å². The maximum Gasteiger partial charge on any atom is 0.233 e. The van der Waals surface area contributed by atoms with Crippen LogP contribution in [0.25, 0.3) is 0 Å². The number of nitrogens with zero attached hydrogens (tertiary/aromatic N) is 4. The highest BCUT2D eigenvalue weighted by molar-refractivity contribution is 5.78. The summed E-state index contributed by atoms with van der Waals surface area (Å²) in [5.41, 5.74) is 2.74. The number of hydrogen-bond donors (Lipinski definition) is 2. The number of benzene rings is 2. The maximum atomic E-state index is 13.8. The fourth-order valence-electron chi connectivity index (χ4n) is 4.77. The Balaban J connectivity index is 1.70. The lowest BCUT2D eigenvalue weighted by Crippen LogP contribution is -2.31. The Hall–Kier alpha value is -3.88. The van der Waals surface area contributed by atoms with Crippen molar-refractivity contribution >= 4 is 23.3 Å². The van der Waals surface area contributed by atoms with Gasteiger partial charge in [0.15, 0.2) is 6.73 Å². The summed E-state index contributed by atoms with van der Waals surface area (Å²) in [6.45, 7) is 5.72. The van der Waals surface area contributed by atoms with E-state index in [2.05, 4.69) is 46.5 Å². The van der Waals surface area contributed by atoms with Crippen molar-refractivity contribution in [3.8, 4) is 0 Å². The van der Waals surface area contributed by atoms with Crippen molar-refractivity contribution in [2.24, 2.45) is 0 Å². The summed E-state index contributed by atoms with van der Waals surface area (Å²) in [4.78, 5) is 11.6. The predicted molar refractivity (Wildman–Crippen MR) is 128 cm³/mol. The van der Waals surface area contributed by atoms with Crippen molar-refractivity contribution < 1.29 is 13.6 Å². The van der Waals surface area contributed by atoms with Crippen LogP contribution < -0.4 is 15.5 Å². The lowest BCUT2D eigenvalue weighted by Gasteiger charge is -2.34. The highest BCUT2D eigenvalue weighted by Crippen LogP contribution is 2.57. The third-order valence-corrected chi connectivity index (χ3v) is 6.40. The molecule has 34 heavy (non-hydrogen) atoms. The Bertz CT molecular complexity index is 1250. The fourth-order valence-corrected chi connectivity index (χ4v) is 4.77. The highest BCUT2D eigenvalue weighted by atomic mass is 19.2. The van der Waals surface area contributed by atoms with E-state index < -0.39 is 5.41 Å². The van der Waals surface area contributed by atoms with E-state index >= 15 is 0 Å². The average Bonchev–Trinajstić information content (AvgIpc) is 3.27. The standard InChI is InChI=1S/C25H26F2N6O/c1-15-23(34-14-32(15)27)31-24-29-21(28-4)19-22(30-24)33(18-12-10-17(26)11-13-18)20(25(19,2)3)16-8-6-5-7-9-16/h5-13,20H,14H2,1-4H3,(H2,28,29,30,31). The number of hydrogen-bond acceptors (Lipinski definition) is 7. The van der Waals surface area contributed by atoms with Crippen LogP contribution >= 0.6 is 0 Å². The number of rotatable bonds is 5. The molecule has 1 atom stereocenters. The van der Waals surface area contributed by atoms with Gasteiger partial charge in [0, 0.05) is 23.7 Å². The quantitative estimate of drug-likeness (QED) is 0.476. The second kappa shape index (κ2) is 8.16. The van der Waals surface area contributed by atoms with Crippen molar-refractivity contribution in [1.82, 2.24) is 15.1 Å². The minimum absolute atomic E-state index is 0.129. The van der Waals surface area contributed by atoms with Crippen molar-refractivity contribution in [1.29, 1.82) is 0 Å². The first-order valence-corrected chi connectivity index (χ1v) is 11.0.